The summed E-state index contributed by atoms with van der Waals surface area (Å²) in [6, 6.07) is 8.69. The topological polar surface area (TPSA) is 61.6 Å². The molecular weight excluding hydrogens is 383 g/mol. The predicted molar refractivity (Wildman–Crippen MR) is 117 cm³/mol. The van der Waals surface area contributed by atoms with E-state index in [0.717, 1.165) is 45.6 Å². The molecule has 1 heterocycles. The summed E-state index contributed by atoms with van der Waals surface area (Å²) in [4.78, 5) is 17.2. The van der Waals surface area contributed by atoms with Gasteiger partial charge in [-0.2, -0.15) is 0 Å². The van der Waals surface area contributed by atoms with Gasteiger partial charge in [-0.3, -0.25) is 9.69 Å². The second-order valence-electron chi connectivity index (χ2n) is 7.66. The summed E-state index contributed by atoms with van der Waals surface area (Å²) in [5.41, 5.74) is 8.39. The molecule has 0 unspecified atom stereocenters. The Morgan fingerprint density at radius 2 is 1.81 bits per heavy atom. The molecule has 27 heavy (non-hydrogen) atoms. The van der Waals surface area contributed by atoms with Crippen LogP contribution in [0, 0.1) is 6.92 Å². The molecule has 0 radical (unpaired) electrons. The molecule has 1 aliphatic heterocycles. The van der Waals surface area contributed by atoms with Gasteiger partial charge in [0.1, 0.15) is 0 Å². The fraction of sp³-hybridized carbons (Fsp3) is 0.650. The van der Waals surface area contributed by atoms with Crippen LogP contribution in [0.25, 0.3) is 0 Å². The summed E-state index contributed by atoms with van der Waals surface area (Å²) >= 11 is 0. The first-order valence-corrected chi connectivity index (χ1v) is 9.65. The lowest BCUT2D eigenvalue weighted by Crippen LogP contribution is -2.52. The quantitative estimate of drug-likeness (QED) is 0.747. The Bertz CT molecular complexity index is 585. The molecule has 3 N–H and O–H groups in total. The number of nitrogens with zero attached hydrogens (tertiary/aromatic N) is 2. The molecule has 1 aliphatic carbocycles. The average molecular weight is 417 g/mol. The van der Waals surface area contributed by atoms with Crippen LogP contribution in [0.5, 0.6) is 0 Å². The van der Waals surface area contributed by atoms with E-state index in [4.69, 9.17) is 5.73 Å². The molecule has 0 spiro atoms. The third-order valence-electron chi connectivity index (χ3n) is 5.75. The molecule has 1 aromatic carbocycles. The van der Waals surface area contributed by atoms with Crippen molar-refractivity contribution in [2.45, 2.75) is 44.6 Å². The number of halogens is 2. The Hall–Kier alpha value is -1.01. The highest BCUT2D eigenvalue weighted by atomic mass is 35.5. The largest absolute Gasteiger partial charge is 0.369 e. The Kier molecular flexibility index (Phi) is 9.88. The van der Waals surface area contributed by atoms with E-state index in [1.54, 1.807) is 0 Å². The molecule has 1 aromatic rings. The fourth-order valence-electron chi connectivity index (χ4n) is 4.10. The molecule has 0 aromatic heterocycles. The smallest absolute Gasteiger partial charge is 0.221 e. The van der Waals surface area contributed by atoms with Gasteiger partial charge in [-0.1, -0.05) is 25.0 Å². The first kappa shape index (κ1) is 24.0. The lowest BCUT2D eigenvalue weighted by molar-refractivity contribution is -0.123. The van der Waals surface area contributed by atoms with E-state index in [2.05, 4.69) is 46.3 Å². The summed E-state index contributed by atoms with van der Waals surface area (Å²) in [7, 11) is 0. The summed E-state index contributed by atoms with van der Waals surface area (Å²) in [6.07, 6.45) is 5.00. The number of carbonyl (C=O) groups excluding carboxylic acids is 1. The van der Waals surface area contributed by atoms with Crippen molar-refractivity contribution in [1.29, 1.82) is 0 Å². The standard InChI is InChI=1S/C20H32N4O.2ClH/c1-17-5-4-6-18(15-17)24-13-11-23(12-14-24)10-7-19(25)22-20(16-21)8-2-3-9-20;;/h4-6,15H,2-3,7-14,16,21H2,1H3,(H,22,25);2*1H. The van der Waals surface area contributed by atoms with Gasteiger partial charge < -0.3 is 16.0 Å². The second kappa shape index (κ2) is 11.1. The number of piperazine rings is 1. The van der Waals surface area contributed by atoms with E-state index in [9.17, 15) is 4.79 Å². The lowest BCUT2D eigenvalue weighted by atomic mass is 9.97. The number of benzene rings is 1. The number of hydrogen-bond donors (Lipinski definition) is 2. The van der Waals surface area contributed by atoms with Crippen molar-refractivity contribution in [1.82, 2.24) is 10.2 Å². The number of anilines is 1. The SMILES string of the molecule is Cc1cccc(N2CCN(CCC(=O)NC3(CN)CCCC3)CC2)c1.Cl.Cl. The van der Waals surface area contributed by atoms with E-state index in [1.807, 2.05) is 0 Å². The molecule has 1 saturated carbocycles. The highest BCUT2D eigenvalue weighted by Gasteiger charge is 2.33. The molecule has 7 heteroatoms. The van der Waals surface area contributed by atoms with Crippen LogP contribution in [0.3, 0.4) is 0 Å². The first-order valence-electron chi connectivity index (χ1n) is 9.65. The van der Waals surface area contributed by atoms with Crippen molar-refractivity contribution in [3.8, 4) is 0 Å². The maximum absolute atomic E-state index is 12.3. The van der Waals surface area contributed by atoms with Crippen LogP contribution in [0.4, 0.5) is 5.69 Å². The van der Waals surface area contributed by atoms with Gasteiger partial charge in [0.15, 0.2) is 0 Å². The number of nitrogens with one attached hydrogen (secondary N) is 1. The molecule has 3 rings (SSSR count). The van der Waals surface area contributed by atoms with Gasteiger partial charge in [0.05, 0.1) is 5.54 Å². The molecule has 2 fully saturated rings. The minimum Gasteiger partial charge on any atom is -0.369 e. The van der Waals surface area contributed by atoms with Gasteiger partial charge in [-0.05, 0) is 37.5 Å². The Labute approximate surface area is 175 Å². The van der Waals surface area contributed by atoms with Gasteiger partial charge in [-0.25, -0.2) is 0 Å². The zero-order chi connectivity index (χ0) is 17.7. The normalized spacial score (nSPS) is 19.1. The van der Waals surface area contributed by atoms with E-state index in [-0.39, 0.29) is 36.3 Å². The highest BCUT2D eigenvalue weighted by molar-refractivity contribution is 5.85. The van der Waals surface area contributed by atoms with Crippen LogP contribution < -0.4 is 16.0 Å². The molecule has 154 valence electrons. The van der Waals surface area contributed by atoms with Gasteiger partial charge in [-0.15, -0.1) is 24.8 Å². The second-order valence-corrected chi connectivity index (χ2v) is 7.66. The van der Waals surface area contributed by atoms with Crippen LogP contribution in [-0.4, -0.2) is 55.6 Å². The van der Waals surface area contributed by atoms with E-state index in [1.165, 1.54) is 24.1 Å². The maximum Gasteiger partial charge on any atom is 0.221 e. The maximum atomic E-state index is 12.3. The van der Waals surface area contributed by atoms with Gasteiger partial charge in [0.2, 0.25) is 5.91 Å². The molecule has 2 aliphatic rings. The van der Waals surface area contributed by atoms with Crippen molar-refractivity contribution in [3.63, 3.8) is 0 Å². The van der Waals surface area contributed by atoms with Crippen LogP contribution in [0.1, 0.15) is 37.7 Å². The molecule has 0 bridgehead atoms. The fourth-order valence-corrected chi connectivity index (χ4v) is 4.10. The summed E-state index contributed by atoms with van der Waals surface area (Å²) in [6.45, 7) is 7.63. The van der Waals surface area contributed by atoms with E-state index < -0.39 is 0 Å². The highest BCUT2D eigenvalue weighted by Crippen LogP contribution is 2.28. The number of aryl methyl sites for hydroxylation is 1. The minimum atomic E-state index is -0.124. The van der Waals surface area contributed by atoms with Gasteiger partial charge >= 0.3 is 0 Å². The lowest BCUT2D eigenvalue weighted by Gasteiger charge is -2.36. The average Bonchev–Trinajstić information content (AvgIpc) is 3.09. The Morgan fingerprint density at radius 3 is 2.41 bits per heavy atom. The number of hydrogen-bond acceptors (Lipinski definition) is 4. The summed E-state index contributed by atoms with van der Waals surface area (Å²) < 4.78 is 0. The number of amides is 1. The zero-order valence-electron chi connectivity index (χ0n) is 16.3. The van der Waals surface area contributed by atoms with Crippen LogP contribution >= 0.6 is 24.8 Å². The molecule has 5 nitrogen and oxygen atoms in total. The molecule has 1 amide bonds. The monoisotopic (exact) mass is 416 g/mol. The van der Waals surface area contributed by atoms with Gasteiger partial charge in [0, 0.05) is 51.4 Å². The predicted octanol–water partition coefficient (Wildman–Crippen LogP) is 2.74. The van der Waals surface area contributed by atoms with Crippen molar-refractivity contribution >= 4 is 36.4 Å². The van der Waals surface area contributed by atoms with Crippen LogP contribution in [0.15, 0.2) is 24.3 Å². The first-order chi connectivity index (χ1) is 12.1. The van der Waals surface area contributed by atoms with Gasteiger partial charge in [0.25, 0.3) is 0 Å². The van der Waals surface area contributed by atoms with Crippen molar-refractivity contribution in [2.75, 3.05) is 44.2 Å². The number of rotatable bonds is 6. The van der Waals surface area contributed by atoms with E-state index in [0.29, 0.717) is 13.0 Å². The Balaban J connectivity index is 0.00000182. The van der Waals surface area contributed by atoms with Crippen molar-refractivity contribution < 1.29 is 4.79 Å². The molecule has 1 saturated heterocycles. The number of carbonyl (C=O) groups is 1. The molecule has 0 atom stereocenters. The third-order valence-corrected chi connectivity index (χ3v) is 5.75. The number of nitrogens with two attached hydrogens (primary N) is 1. The minimum absolute atomic E-state index is 0. The Morgan fingerprint density at radius 1 is 1.15 bits per heavy atom. The van der Waals surface area contributed by atoms with Crippen molar-refractivity contribution in [2.24, 2.45) is 5.73 Å². The van der Waals surface area contributed by atoms with Crippen LogP contribution in [0.2, 0.25) is 0 Å². The van der Waals surface area contributed by atoms with Crippen LogP contribution in [-0.2, 0) is 4.79 Å². The third kappa shape index (κ3) is 6.53. The summed E-state index contributed by atoms with van der Waals surface area (Å²) in [5, 5.41) is 3.22. The van der Waals surface area contributed by atoms with E-state index >= 15 is 0 Å². The molecular formula is C20H34Cl2N4O. The van der Waals surface area contributed by atoms with Crippen molar-refractivity contribution in [3.05, 3.63) is 29.8 Å². The summed E-state index contributed by atoms with van der Waals surface area (Å²) in [5.74, 6) is 0.161. The zero-order valence-corrected chi connectivity index (χ0v) is 17.9.